The molecule has 2 unspecified atom stereocenters. The molecule has 14 heteroatoms. The Hall–Kier alpha value is -2.74. The molecule has 0 aliphatic heterocycles. The van der Waals surface area contributed by atoms with E-state index in [9.17, 15) is 41.3 Å². The van der Waals surface area contributed by atoms with Gasteiger partial charge >= 0.3 is 6.18 Å². The molecule has 202 valence electrons. The molecule has 0 heterocycles. The van der Waals surface area contributed by atoms with Crippen LogP contribution in [-0.2, 0) is 25.8 Å². The molecular weight excluding hydrogens is 517 g/mol. The summed E-state index contributed by atoms with van der Waals surface area (Å²) in [6, 6.07) is 1.19. The minimum Gasteiger partial charge on any atom is -0.369 e. The highest BCUT2D eigenvalue weighted by atomic mass is 32.2. The number of halogens is 3. The molecule has 0 spiro atoms. The molecule has 2 atom stereocenters. The Morgan fingerprint density at radius 2 is 1.73 bits per heavy atom. The molecule has 5 saturated carbocycles. The number of primary amides is 1. The summed E-state index contributed by atoms with van der Waals surface area (Å²) >= 11 is 0. The summed E-state index contributed by atoms with van der Waals surface area (Å²) in [5.41, 5.74) is 0.671. The monoisotopic (exact) mass is 544 g/mol. The molecule has 5 fully saturated rings. The summed E-state index contributed by atoms with van der Waals surface area (Å²) < 4.78 is 68.6. The van der Waals surface area contributed by atoms with Gasteiger partial charge in [-0.2, -0.15) is 17.9 Å². The molecule has 0 aromatic heterocycles. The van der Waals surface area contributed by atoms with Crippen LogP contribution in [0, 0.1) is 33.3 Å². The van der Waals surface area contributed by atoms with E-state index in [4.69, 9.17) is 5.73 Å². The molecule has 1 aromatic carbocycles. The first-order chi connectivity index (χ1) is 17.2. The number of nitrogens with zero attached hydrogens (tertiary/aromatic N) is 1. The summed E-state index contributed by atoms with van der Waals surface area (Å²) in [6.45, 7) is 0. The zero-order chi connectivity index (χ0) is 27.0. The smallest absolute Gasteiger partial charge is 0.369 e. The van der Waals surface area contributed by atoms with Gasteiger partial charge in [-0.3, -0.25) is 19.7 Å². The van der Waals surface area contributed by atoms with E-state index in [1.54, 1.807) is 0 Å². The minimum atomic E-state index is -5.15. The largest absolute Gasteiger partial charge is 0.423 e. The SMILES string of the molecule is NC(=O)C12CC3CC(C1)C(NC(=O)C1(NS(=O)(=O)c4ccc([N+](=O)[O-])c(C(F)(F)F)c4)CCC1)C(C3)C2. The summed E-state index contributed by atoms with van der Waals surface area (Å²) in [5.74, 6) is -0.424. The van der Waals surface area contributed by atoms with Gasteiger partial charge in [0.05, 0.1) is 9.82 Å². The van der Waals surface area contributed by atoms with Gasteiger partial charge in [0, 0.05) is 17.5 Å². The van der Waals surface area contributed by atoms with E-state index < -0.39 is 54.1 Å². The standard InChI is InChI=1S/C23H27F3N4O6S/c24-23(25,26)16-8-15(2-3-17(16)30(33)34)37(35,36)29-22(4-1-5-22)20(32)28-18-13-6-12-7-14(18)11-21(9-12,10-13)19(27)31/h2-3,8,12-14,18,29H,1,4-7,9-11H2,(H2,27,31)(H,28,32). The molecule has 37 heavy (non-hydrogen) atoms. The first-order valence-corrected chi connectivity index (χ1v) is 13.6. The Bertz CT molecular complexity index is 1260. The third-order valence-corrected chi connectivity index (χ3v) is 10.4. The molecule has 1 aromatic rings. The van der Waals surface area contributed by atoms with Crippen molar-refractivity contribution >= 4 is 27.5 Å². The molecule has 5 aliphatic rings. The van der Waals surface area contributed by atoms with Crippen molar-refractivity contribution in [1.29, 1.82) is 0 Å². The van der Waals surface area contributed by atoms with E-state index in [2.05, 4.69) is 10.0 Å². The first-order valence-electron chi connectivity index (χ1n) is 12.2. The van der Waals surface area contributed by atoms with Crippen molar-refractivity contribution < 1.29 is 36.1 Å². The number of carbonyl (C=O) groups excluding carboxylic acids is 2. The lowest BCUT2D eigenvalue weighted by Gasteiger charge is -2.59. The lowest BCUT2D eigenvalue weighted by molar-refractivity contribution is -0.388. The summed E-state index contributed by atoms with van der Waals surface area (Å²) in [7, 11) is -4.63. The number of hydrogen-bond donors (Lipinski definition) is 3. The van der Waals surface area contributed by atoms with Crippen LogP contribution < -0.4 is 15.8 Å². The number of nitrogens with one attached hydrogen (secondary N) is 2. The quantitative estimate of drug-likeness (QED) is 0.353. The summed E-state index contributed by atoms with van der Waals surface area (Å²) in [5, 5.41) is 14.0. The Morgan fingerprint density at radius 3 is 2.22 bits per heavy atom. The van der Waals surface area contributed by atoms with Gasteiger partial charge < -0.3 is 11.1 Å². The second-order valence-corrected chi connectivity index (χ2v) is 12.8. The van der Waals surface area contributed by atoms with Crippen LogP contribution in [0.3, 0.4) is 0 Å². The van der Waals surface area contributed by atoms with Gasteiger partial charge in [-0.15, -0.1) is 0 Å². The van der Waals surface area contributed by atoms with E-state index in [1.165, 1.54) is 0 Å². The normalized spacial score (nSPS) is 32.0. The molecule has 4 N–H and O–H groups in total. The maximum atomic E-state index is 13.4. The van der Waals surface area contributed by atoms with E-state index in [0.717, 1.165) is 25.3 Å². The van der Waals surface area contributed by atoms with Crippen LogP contribution in [0.1, 0.15) is 56.9 Å². The molecule has 2 amide bonds. The van der Waals surface area contributed by atoms with Crippen molar-refractivity contribution in [3.8, 4) is 0 Å². The van der Waals surface area contributed by atoms with Gasteiger partial charge in [0.1, 0.15) is 11.1 Å². The van der Waals surface area contributed by atoms with Crippen LogP contribution in [0.5, 0.6) is 0 Å². The number of nitrogens with two attached hydrogens (primary N) is 1. The first kappa shape index (κ1) is 25.9. The third-order valence-electron chi connectivity index (χ3n) is 8.85. The Kier molecular flexibility index (Phi) is 5.87. The maximum Gasteiger partial charge on any atom is 0.423 e. The van der Waals surface area contributed by atoms with Crippen molar-refractivity contribution in [3.05, 3.63) is 33.9 Å². The number of sulfonamides is 1. The minimum absolute atomic E-state index is 0.0421. The van der Waals surface area contributed by atoms with Crippen LogP contribution in [0.4, 0.5) is 18.9 Å². The van der Waals surface area contributed by atoms with Crippen molar-refractivity contribution in [2.75, 3.05) is 0 Å². The van der Waals surface area contributed by atoms with Crippen LogP contribution in [-0.4, -0.2) is 36.7 Å². The van der Waals surface area contributed by atoms with Crippen molar-refractivity contribution in [3.63, 3.8) is 0 Å². The van der Waals surface area contributed by atoms with Gasteiger partial charge in [0.2, 0.25) is 21.8 Å². The average molecular weight is 545 g/mol. The molecule has 10 nitrogen and oxygen atoms in total. The number of alkyl halides is 3. The number of nitro groups is 1. The fraction of sp³-hybridized carbons (Fsp3) is 0.652. The summed E-state index contributed by atoms with van der Waals surface area (Å²) in [4.78, 5) is 34.6. The van der Waals surface area contributed by atoms with Gasteiger partial charge in [-0.05, 0) is 81.3 Å². The molecule has 0 saturated heterocycles. The topological polar surface area (TPSA) is 162 Å². The number of rotatable bonds is 7. The fourth-order valence-corrected chi connectivity index (χ4v) is 8.59. The van der Waals surface area contributed by atoms with E-state index in [-0.39, 0.29) is 42.7 Å². The highest BCUT2D eigenvalue weighted by molar-refractivity contribution is 7.89. The third kappa shape index (κ3) is 4.27. The highest BCUT2D eigenvalue weighted by Gasteiger charge is 2.59. The fourth-order valence-electron chi connectivity index (χ4n) is 7.14. The van der Waals surface area contributed by atoms with Crippen LogP contribution in [0.2, 0.25) is 0 Å². The van der Waals surface area contributed by atoms with Crippen molar-refractivity contribution in [2.45, 2.75) is 74.0 Å². The highest BCUT2D eigenvalue weighted by Crippen LogP contribution is 2.60. The zero-order valence-corrected chi connectivity index (χ0v) is 20.5. The molecular formula is C23H27F3N4O6S. The van der Waals surface area contributed by atoms with E-state index in [0.29, 0.717) is 31.2 Å². The Morgan fingerprint density at radius 1 is 1.11 bits per heavy atom. The molecule has 6 rings (SSSR count). The number of nitro benzene ring substituents is 1. The zero-order valence-electron chi connectivity index (χ0n) is 19.7. The van der Waals surface area contributed by atoms with Gasteiger partial charge in [0.25, 0.3) is 5.69 Å². The van der Waals surface area contributed by atoms with E-state index >= 15 is 0 Å². The molecule has 5 aliphatic carbocycles. The number of amides is 2. The van der Waals surface area contributed by atoms with E-state index in [1.807, 2.05) is 0 Å². The average Bonchev–Trinajstić information content (AvgIpc) is 2.77. The number of benzene rings is 1. The number of carbonyl (C=O) groups is 2. The van der Waals surface area contributed by atoms with Crippen LogP contribution in [0.25, 0.3) is 0 Å². The predicted molar refractivity (Wildman–Crippen MR) is 122 cm³/mol. The number of hydrogen-bond acceptors (Lipinski definition) is 6. The van der Waals surface area contributed by atoms with Crippen molar-refractivity contribution in [2.24, 2.45) is 28.9 Å². The second-order valence-electron chi connectivity index (χ2n) is 11.1. The van der Waals surface area contributed by atoms with Crippen molar-refractivity contribution in [1.82, 2.24) is 10.0 Å². The van der Waals surface area contributed by atoms with Gasteiger partial charge in [-0.1, -0.05) is 0 Å². The Balaban J connectivity index is 1.36. The predicted octanol–water partition coefficient (Wildman–Crippen LogP) is 2.61. The Labute approximate surface area is 210 Å². The van der Waals surface area contributed by atoms with Gasteiger partial charge in [0.15, 0.2) is 0 Å². The summed E-state index contributed by atoms with van der Waals surface area (Å²) in [6.07, 6.45) is -0.703. The van der Waals surface area contributed by atoms with Crippen LogP contribution >= 0.6 is 0 Å². The van der Waals surface area contributed by atoms with Crippen LogP contribution in [0.15, 0.2) is 23.1 Å². The maximum absolute atomic E-state index is 13.4. The second kappa shape index (κ2) is 8.38. The lowest BCUT2D eigenvalue weighted by Crippen LogP contribution is -2.68. The molecule has 4 bridgehead atoms. The lowest BCUT2D eigenvalue weighted by atomic mass is 9.47. The van der Waals surface area contributed by atoms with Gasteiger partial charge in [-0.25, -0.2) is 8.42 Å². The molecule has 0 radical (unpaired) electrons.